The maximum absolute atomic E-state index is 13.4. The van der Waals surface area contributed by atoms with Gasteiger partial charge in [-0.25, -0.2) is 14.4 Å². The number of hydrogen-bond donors (Lipinski definition) is 9. The lowest BCUT2D eigenvalue weighted by Crippen LogP contribution is -2.51. The third kappa shape index (κ3) is 34.1. The predicted molar refractivity (Wildman–Crippen MR) is 301 cm³/mol. The van der Waals surface area contributed by atoms with E-state index in [-0.39, 0.29) is 75.4 Å². The number of aliphatic carboxylic acids is 6. The number of urea groups is 1. The number of nitrogens with one attached hydrogen (secondary N) is 3. The first-order valence-electron chi connectivity index (χ1n) is 27.9. The Kier molecular flexibility index (Phi) is 35.2. The Labute approximate surface area is 479 Å². The lowest BCUT2D eigenvalue weighted by atomic mass is 10.0. The molecule has 0 aromatic heterocycles. The minimum Gasteiger partial charge on any atom is -0.481 e. The van der Waals surface area contributed by atoms with Crippen molar-refractivity contribution in [3.05, 3.63) is 71.3 Å². The summed E-state index contributed by atoms with van der Waals surface area (Å²) in [6.07, 6.45) is 6.65. The third-order valence-corrected chi connectivity index (χ3v) is 13.4. The fourth-order valence-electron chi connectivity index (χ4n) is 8.74. The number of carbonyl (C=O) groups is 11. The highest BCUT2D eigenvalue weighted by atomic mass is 16.4. The average molecular weight is 1160 g/mol. The molecule has 0 heterocycles. The van der Waals surface area contributed by atoms with E-state index in [9.17, 15) is 73.2 Å². The monoisotopic (exact) mass is 1150 g/mol. The minimum absolute atomic E-state index is 0.00323. The van der Waals surface area contributed by atoms with Gasteiger partial charge in [0.15, 0.2) is 0 Å². The molecule has 0 aliphatic rings. The molecule has 0 bridgehead atoms. The molecular weight excluding hydrogens is 1070 g/mol. The van der Waals surface area contributed by atoms with Gasteiger partial charge in [-0.1, -0.05) is 61.7 Å². The highest BCUT2D eigenvalue weighted by Crippen LogP contribution is 2.15. The highest BCUT2D eigenvalue weighted by Gasteiger charge is 2.26. The SMILES string of the molecule is CN(CCN(CCN(CCN(C)CC(=O)O)CC(=O)CCc1ccc(C(=O)NCCCCCC(=O)CCCCCCC(=O)N(CCCC[C@H](NC(=O)N[C@@H](CCC(=O)O)C(=O)O)C(=O)O)Cc2ccccc2)cc1)CC(=O)O)CC(=O)O. The molecule has 25 heteroatoms. The summed E-state index contributed by atoms with van der Waals surface area (Å²) in [5.41, 5.74) is 2.24. The normalized spacial score (nSPS) is 12.0. The lowest BCUT2D eigenvalue weighted by molar-refractivity contribution is -0.141. The summed E-state index contributed by atoms with van der Waals surface area (Å²) < 4.78 is 0. The Bertz CT molecular complexity index is 2340. The van der Waals surface area contributed by atoms with Crippen molar-refractivity contribution in [3.63, 3.8) is 0 Å². The molecule has 25 nitrogen and oxygen atoms in total. The zero-order valence-electron chi connectivity index (χ0n) is 47.5. The van der Waals surface area contributed by atoms with Crippen molar-refractivity contribution >= 4 is 65.2 Å². The van der Waals surface area contributed by atoms with Crippen LogP contribution in [0.15, 0.2) is 54.6 Å². The maximum atomic E-state index is 13.4. The number of carboxylic acids is 6. The van der Waals surface area contributed by atoms with E-state index < -0.39 is 60.4 Å². The predicted octanol–water partition coefficient (Wildman–Crippen LogP) is 3.38. The molecule has 456 valence electrons. The Morgan fingerprint density at radius 2 is 0.963 bits per heavy atom. The van der Waals surface area contributed by atoms with Crippen LogP contribution in [0.25, 0.3) is 0 Å². The zero-order valence-corrected chi connectivity index (χ0v) is 47.5. The summed E-state index contributed by atoms with van der Waals surface area (Å²) in [7, 11) is 3.28. The fourth-order valence-corrected chi connectivity index (χ4v) is 8.74. The van der Waals surface area contributed by atoms with Crippen LogP contribution in [0, 0.1) is 0 Å². The van der Waals surface area contributed by atoms with Gasteiger partial charge in [0.2, 0.25) is 5.91 Å². The van der Waals surface area contributed by atoms with E-state index in [4.69, 9.17) is 10.2 Å². The topological polar surface area (TPSA) is 361 Å². The van der Waals surface area contributed by atoms with Crippen molar-refractivity contribution in [2.45, 2.75) is 128 Å². The van der Waals surface area contributed by atoms with E-state index >= 15 is 0 Å². The summed E-state index contributed by atoms with van der Waals surface area (Å²) in [5, 5.41) is 62.8. The number of hydrogen-bond acceptors (Lipinski definition) is 15. The third-order valence-electron chi connectivity index (χ3n) is 13.4. The Morgan fingerprint density at radius 3 is 1.50 bits per heavy atom. The van der Waals surface area contributed by atoms with Crippen molar-refractivity contribution in [1.82, 2.24) is 40.4 Å². The second-order valence-electron chi connectivity index (χ2n) is 20.6. The fraction of sp³-hybridized carbons (Fsp3) is 0.596. The average Bonchev–Trinajstić information content (AvgIpc) is 3.41. The Morgan fingerprint density at radius 1 is 0.451 bits per heavy atom. The number of benzene rings is 2. The molecule has 2 atom stereocenters. The molecule has 0 aliphatic heterocycles. The molecule has 2 aromatic carbocycles. The first-order valence-corrected chi connectivity index (χ1v) is 27.9. The largest absolute Gasteiger partial charge is 0.481 e. The number of carboxylic acid groups (broad SMARTS) is 6. The van der Waals surface area contributed by atoms with Crippen LogP contribution in [0.2, 0.25) is 0 Å². The number of aryl methyl sites for hydroxylation is 1. The number of rotatable bonds is 48. The van der Waals surface area contributed by atoms with Crippen molar-refractivity contribution in [2.24, 2.45) is 0 Å². The molecule has 82 heavy (non-hydrogen) atoms. The van der Waals surface area contributed by atoms with Crippen LogP contribution in [0.3, 0.4) is 0 Å². The molecule has 0 aliphatic carbocycles. The van der Waals surface area contributed by atoms with Gasteiger partial charge in [-0.15, -0.1) is 0 Å². The van der Waals surface area contributed by atoms with Crippen LogP contribution in [0.4, 0.5) is 4.79 Å². The second-order valence-corrected chi connectivity index (χ2v) is 20.6. The van der Waals surface area contributed by atoms with Crippen LogP contribution < -0.4 is 16.0 Å². The van der Waals surface area contributed by atoms with Gasteiger partial charge < -0.3 is 51.5 Å². The van der Waals surface area contributed by atoms with E-state index in [1.54, 1.807) is 58.0 Å². The first-order chi connectivity index (χ1) is 39.0. The molecule has 0 spiro atoms. The van der Waals surface area contributed by atoms with Crippen molar-refractivity contribution in [1.29, 1.82) is 0 Å². The number of Topliss-reactive ketones (excluding diaryl/α,β-unsaturated/α-hetero) is 2. The van der Waals surface area contributed by atoms with E-state index in [1.165, 1.54) is 0 Å². The number of amides is 4. The molecule has 0 radical (unpaired) electrons. The standard InChI is InChI=1S/C57H86N8O17/c1-61(39-51(71)72)31-33-63(35-36-64(41-53(75)76)34-32-62(2)40-52(73)74)38-46(67)26-23-42-21-24-44(25-22-42)54(77)58-29-13-6-10-18-45(66)17-9-3-4-11-20-49(68)65(37-43-15-7-5-8-16-43)30-14-12-19-47(55(78)79)59-57(82)60-48(56(80)81)27-28-50(69)70/h5,7-8,15-16,21-22,24-25,47-48H,3-4,6,9-14,17-20,23,26-41H2,1-2H3,(H,58,77)(H,69,70)(H,71,72)(H,73,74)(H,75,76)(H,78,79)(H,80,81)(H2,59,60,82)/t47-,48-/m0/s1. The molecular formula is C57H86N8O17. The van der Waals surface area contributed by atoms with Gasteiger partial charge in [0.25, 0.3) is 5.91 Å². The second kappa shape index (κ2) is 40.8. The van der Waals surface area contributed by atoms with Gasteiger partial charge in [0.1, 0.15) is 23.7 Å². The van der Waals surface area contributed by atoms with Crippen LogP contribution in [-0.2, 0) is 56.1 Å². The summed E-state index contributed by atoms with van der Waals surface area (Å²) in [4.78, 5) is 141. The maximum Gasteiger partial charge on any atom is 0.326 e. The quantitative estimate of drug-likeness (QED) is 0.0429. The van der Waals surface area contributed by atoms with Gasteiger partial charge in [-0.05, 0) is 95.1 Å². The van der Waals surface area contributed by atoms with E-state index in [1.807, 2.05) is 35.2 Å². The highest BCUT2D eigenvalue weighted by molar-refractivity contribution is 5.94. The smallest absolute Gasteiger partial charge is 0.326 e. The van der Waals surface area contributed by atoms with E-state index in [0.717, 1.165) is 30.4 Å². The van der Waals surface area contributed by atoms with Gasteiger partial charge in [0.05, 0.1) is 26.2 Å². The van der Waals surface area contributed by atoms with Crippen molar-refractivity contribution in [2.75, 3.05) is 92.6 Å². The lowest BCUT2D eigenvalue weighted by Gasteiger charge is -2.28. The molecule has 2 aromatic rings. The van der Waals surface area contributed by atoms with Crippen molar-refractivity contribution in [3.8, 4) is 0 Å². The van der Waals surface area contributed by atoms with Crippen LogP contribution in [0.1, 0.15) is 124 Å². The number of nitrogens with zero attached hydrogens (tertiary/aromatic N) is 5. The number of ketones is 2. The number of unbranched alkanes of at least 4 members (excludes halogenated alkanes) is 6. The molecule has 4 amide bonds. The Hall–Kier alpha value is -7.35. The van der Waals surface area contributed by atoms with Crippen LogP contribution in [0.5, 0.6) is 0 Å². The first kappa shape index (κ1) is 70.8. The van der Waals surface area contributed by atoms with Gasteiger partial charge >= 0.3 is 41.8 Å². The van der Waals surface area contributed by atoms with Crippen molar-refractivity contribution < 1.29 is 83.4 Å². The van der Waals surface area contributed by atoms with Gasteiger partial charge in [-0.3, -0.25) is 58.0 Å². The van der Waals surface area contributed by atoms with Gasteiger partial charge in [-0.2, -0.15) is 0 Å². The summed E-state index contributed by atoms with van der Waals surface area (Å²) in [6.45, 7) is 2.44. The Balaban J connectivity index is 1.71. The number of likely N-dealkylation sites (N-methyl/N-ethyl adjacent to an activating group) is 2. The minimum atomic E-state index is -1.52. The molecule has 2 rings (SSSR count). The molecule has 0 fully saturated rings. The molecule has 0 saturated carbocycles. The summed E-state index contributed by atoms with van der Waals surface area (Å²) >= 11 is 0. The van der Waals surface area contributed by atoms with E-state index in [0.29, 0.717) is 122 Å². The number of carbonyl (C=O) groups excluding carboxylic acids is 5. The molecule has 9 N–H and O–H groups in total. The van der Waals surface area contributed by atoms with Gasteiger partial charge in [0, 0.05) is 96.6 Å². The summed E-state index contributed by atoms with van der Waals surface area (Å²) in [6, 6.07) is 12.5. The van der Waals surface area contributed by atoms with E-state index in [2.05, 4.69) is 16.0 Å². The summed E-state index contributed by atoms with van der Waals surface area (Å²) in [5.74, 6) is -7.30. The molecule has 0 saturated heterocycles. The van der Waals surface area contributed by atoms with Crippen LogP contribution in [-0.4, -0.2) is 225 Å². The molecule has 0 unspecified atom stereocenters. The zero-order chi connectivity index (χ0) is 60.8. The van der Waals surface area contributed by atoms with Crippen LogP contribution >= 0.6 is 0 Å².